The van der Waals surface area contributed by atoms with Gasteiger partial charge in [0, 0.05) is 20.0 Å². The van der Waals surface area contributed by atoms with Crippen LogP contribution in [0.5, 0.6) is 0 Å². The molecular formula is C6H12NO5P. The zero-order chi connectivity index (χ0) is 9.68. The molecule has 0 spiro atoms. The van der Waals surface area contributed by atoms with Crippen molar-refractivity contribution < 1.29 is 23.2 Å². The van der Waals surface area contributed by atoms with E-state index in [1.807, 2.05) is 0 Å². The number of hydrogen-bond donors (Lipinski definition) is 0. The second-order valence-electron chi connectivity index (χ2n) is 2.48. The van der Waals surface area contributed by atoms with Crippen molar-refractivity contribution in [3.05, 3.63) is 0 Å². The Kier molecular flexibility index (Phi) is 4.38. The lowest BCUT2D eigenvalue weighted by Crippen LogP contribution is -2.34. The summed E-state index contributed by atoms with van der Waals surface area (Å²) < 4.78 is 25.2. The molecule has 1 heterocycles. The first kappa shape index (κ1) is 10.7. The number of ether oxygens (including phenoxy) is 1. The van der Waals surface area contributed by atoms with Gasteiger partial charge in [0.15, 0.2) is 0 Å². The number of carbonyl (C=O) groups excluding carboxylic acids is 1. The van der Waals surface area contributed by atoms with Crippen LogP contribution in [0.3, 0.4) is 0 Å². The van der Waals surface area contributed by atoms with Crippen molar-refractivity contribution in [2.45, 2.75) is 6.92 Å². The highest BCUT2D eigenvalue weighted by Gasteiger charge is 2.14. The molecule has 0 aliphatic carbocycles. The van der Waals surface area contributed by atoms with Gasteiger partial charge < -0.3 is 9.26 Å². The Morgan fingerprint density at radius 2 is 2.08 bits per heavy atom. The Labute approximate surface area is 76.7 Å². The third-order valence-corrected chi connectivity index (χ3v) is 2.26. The predicted molar refractivity (Wildman–Crippen MR) is 44.2 cm³/mol. The van der Waals surface area contributed by atoms with Crippen LogP contribution in [0, 0.1) is 0 Å². The lowest BCUT2D eigenvalue weighted by molar-refractivity contribution is -0.139. The fourth-order valence-electron chi connectivity index (χ4n) is 0.879. The van der Waals surface area contributed by atoms with Gasteiger partial charge in [0.05, 0.1) is 13.2 Å². The normalized spacial score (nSPS) is 21.0. The van der Waals surface area contributed by atoms with E-state index in [1.165, 1.54) is 12.0 Å². The fraction of sp³-hybridized carbons (Fsp3) is 0.833. The maximum Gasteiger partial charge on any atom is 0.386 e. The van der Waals surface area contributed by atoms with Crippen LogP contribution >= 0.6 is 8.25 Å². The quantitative estimate of drug-likeness (QED) is 0.619. The average molecular weight is 209 g/mol. The van der Waals surface area contributed by atoms with Crippen molar-refractivity contribution in [1.82, 2.24) is 5.06 Å². The molecule has 1 atom stereocenters. The number of carbonyl (C=O) groups is 1. The molecular weight excluding hydrogens is 197 g/mol. The molecule has 1 aliphatic rings. The van der Waals surface area contributed by atoms with Crippen LogP contribution in [0.1, 0.15) is 6.92 Å². The van der Waals surface area contributed by atoms with E-state index in [1.54, 1.807) is 0 Å². The topological polar surface area (TPSA) is 65.1 Å². The first-order valence-electron chi connectivity index (χ1n) is 3.91. The minimum atomic E-state index is -2.72. The van der Waals surface area contributed by atoms with Crippen LogP contribution in [0.15, 0.2) is 0 Å². The highest BCUT2D eigenvalue weighted by molar-refractivity contribution is 7.33. The van der Waals surface area contributed by atoms with Crippen molar-refractivity contribution in [2.75, 3.05) is 26.3 Å². The number of rotatable bonds is 3. The third-order valence-electron chi connectivity index (χ3n) is 1.40. The van der Waals surface area contributed by atoms with Gasteiger partial charge in [-0.3, -0.25) is 4.79 Å². The Morgan fingerprint density at radius 3 is 2.62 bits per heavy atom. The molecule has 0 bridgehead atoms. The lowest BCUT2D eigenvalue weighted by atomic mass is 10.5. The second-order valence-corrected chi connectivity index (χ2v) is 3.36. The van der Waals surface area contributed by atoms with Gasteiger partial charge in [0.25, 0.3) is 0 Å². The molecule has 1 saturated heterocycles. The van der Waals surface area contributed by atoms with Gasteiger partial charge >= 0.3 is 14.2 Å². The first-order chi connectivity index (χ1) is 6.18. The van der Waals surface area contributed by atoms with Crippen molar-refractivity contribution in [3.63, 3.8) is 0 Å². The third kappa shape index (κ3) is 4.38. The first-order valence-corrected chi connectivity index (χ1v) is 5.14. The molecule has 13 heavy (non-hydrogen) atoms. The Bertz CT molecular complexity index is 203. The zero-order valence-corrected chi connectivity index (χ0v) is 8.32. The van der Waals surface area contributed by atoms with E-state index in [2.05, 4.69) is 4.52 Å². The summed E-state index contributed by atoms with van der Waals surface area (Å²) in [5.74, 6) is -0.600. The average Bonchev–Trinajstić information content (AvgIpc) is 2.04. The minimum absolute atomic E-state index is 0.537. The van der Waals surface area contributed by atoms with Gasteiger partial charge in [-0.2, -0.15) is 5.06 Å². The Balaban J connectivity index is 2.22. The molecule has 0 aromatic carbocycles. The molecule has 0 radical (unpaired) electrons. The van der Waals surface area contributed by atoms with E-state index in [0.717, 1.165) is 0 Å². The zero-order valence-electron chi connectivity index (χ0n) is 7.32. The van der Waals surface area contributed by atoms with E-state index >= 15 is 0 Å². The molecule has 7 heteroatoms. The Morgan fingerprint density at radius 1 is 1.46 bits per heavy atom. The molecule has 0 aromatic rings. The molecule has 0 N–H and O–H groups in total. The number of hydroxylamine groups is 2. The summed E-state index contributed by atoms with van der Waals surface area (Å²) in [4.78, 5) is 10.4. The standard InChI is InChI=1S/C6H12NO5P/c1-6(8)11-13(9)12-7-2-4-10-5-3-7/h13H,2-5H2,1H3. The molecule has 0 amide bonds. The van der Waals surface area contributed by atoms with Crippen LogP contribution in [-0.4, -0.2) is 37.3 Å². The van der Waals surface area contributed by atoms with Gasteiger partial charge in [-0.15, -0.1) is 0 Å². The maximum absolute atomic E-state index is 11.0. The van der Waals surface area contributed by atoms with Gasteiger partial charge in [0.1, 0.15) is 0 Å². The van der Waals surface area contributed by atoms with Crippen molar-refractivity contribution in [2.24, 2.45) is 0 Å². The van der Waals surface area contributed by atoms with Gasteiger partial charge in [-0.25, -0.2) is 9.19 Å². The second kappa shape index (κ2) is 5.34. The summed E-state index contributed by atoms with van der Waals surface area (Å²) in [7, 11) is -2.72. The number of hydrogen-bond acceptors (Lipinski definition) is 6. The molecule has 76 valence electrons. The fourth-order valence-corrected chi connectivity index (χ4v) is 1.54. The van der Waals surface area contributed by atoms with Crippen molar-refractivity contribution >= 4 is 14.2 Å². The van der Waals surface area contributed by atoms with E-state index in [0.29, 0.717) is 26.3 Å². The van der Waals surface area contributed by atoms with Crippen molar-refractivity contribution in [3.8, 4) is 0 Å². The largest absolute Gasteiger partial charge is 0.393 e. The molecule has 1 aliphatic heterocycles. The van der Waals surface area contributed by atoms with E-state index < -0.39 is 14.2 Å². The highest BCUT2D eigenvalue weighted by atomic mass is 31.1. The van der Waals surface area contributed by atoms with Crippen LogP contribution in [0.2, 0.25) is 0 Å². The SMILES string of the molecule is CC(=O)O[PH](=O)ON1CCOCC1. The van der Waals surface area contributed by atoms with Crippen LogP contribution in [0.4, 0.5) is 0 Å². The maximum atomic E-state index is 11.0. The summed E-state index contributed by atoms with van der Waals surface area (Å²) in [6.45, 7) is 3.34. The Hall–Kier alpha value is -0.420. The monoisotopic (exact) mass is 209 g/mol. The van der Waals surface area contributed by atoms with Gasteiger partial charge in [-0.05, 0) is 0 Å². The van der Waals surface area contributed by atoms with Crippen molar-refractivity contribution in [1.29, 1.82) is 0 Å². The molecule has 1 unspecified atom stereocenters. The summed E-state index contributed by atoms with van der Waals surface area (Å²) in [6, 6.07) is 0. The molecule has 1 rings (SSSR count). The van der Waals surface area contributed by atoms with Crippen LogP contribution in [-0.2, 0) is 23.2 Å². The van der Waals surface area contributed by atoms with E-state index in [-0.39, 0.29) is 0 Å². The molecule has 6 nitrogen and oxygen atoms in total. The van der Waals surface area contributed by atoms with Gasteiger partial charge in [-0.1, -0.05) is 0 Å². The minimum Gasteiger partial charge on any atom is -0.393 e. The van der Waals surface area contributed by atoms with Crippen LogP contribution < -0.4 is 0 Å². The van der Waals surface area contributed by atoms with E-state index in [4.69, 9.17) is 9.36 Å². The summed E-state index contributed by atoms with van der Waals surface area (Å²) in [5, 5.41) is 1.48. The number of morpholine rings is 1. The highest BCUT2D eigenvalue weighted by Crippen LogP contribution is 2.25. The number of nitrogens with zero attached hydrogens (tertiary/aromatic N) is 1. The van der Waals surface area contributed by atoms with Gasteiger partial charge in [0.2, 0.25) is 0 Å². The predicted octanol–water partition coefficient (Wildman–Crippen LogP) is 0.203. The molecule has 1 fully saturated rings. The lowest BCUT2D eigenvalue weighted by Gasteiger charge is -2.24. The summed E-state index contributed by atoms with van der Waals surface area (Å²) in [5.41, 5.74) is 0. The van der Waals surface area contributed by atoms with E-state index in [9.17, 15) is 9.36 Å². The summed E-state index contributed by atoms with van der Waals surface area (Å²) in [6.07, 6.45) is 0. The molecule has 0 saturated carbocycles. The molecule has 0 aromatic heterocycles. The summed E-state index contributed by atoms with van der Waals surface area (Å²) >= 11 is 0. The van der Waals surface area contributed by atoms with Crippen LogP contribution in [0.25, 0.3) is 0 Å². The smallest absolute Gasteiger partial charge is 0.386 e.